The number of carbonyl (C=O) groups excluding carboxylic acids is 3. The molecular weight excluding hydrogens is 817 g/mol. The minimum Gasteiger partial charge on any atom is -0.462 e. The van der Waals surface area contributed by atoms with Gasteiger partial charge in [0.05, 0.1) is 0 Å². The van der Waals surface area contributed by atoms with Crippen molar-refractivity contribution in [1.29, 1.82) is 0 Å². The zero-order valence-electron chi connectivity index (χ0n) is 45.2. The van der Waals surface area contributed by atoms with E-state index in [0.29, 0.717) is 19.3 Å². The molecule has 0 aromatic rings. The summed E-state index contributed by atoms with van der Waals surface area (Å²) in [5, 5.41) is 0. The minimum atomic E-state index is -0.762. The van der Waals surface area contributed by atoms with Crippen LogP contribution >= 0.6 is 0 Å². The fraction of sp³-hybridized carbons (Fsp3) is 0.950. The van der Waals surface area contributed by atoms with E-state index in [-0.39, 0.29) is 31.1 Å². The van der Waals surface area contributed by atoms with Gasteiger partial charge >= 0.3 is 17.9 Å². The maximum Gasteiger partial charge on any atom is 0.306 e. The van der Waals surface area contributed by atoms with Crippen molar-refractivity contribution in [3.63, 3.8) is 0 Å². The smallest absolute Gasteiger partial charge is 0.306 e. The molecule has 6 nitrogen and oxygen atoms in total. The van der Waals surface area contributed by atoms with Crippen LogP contribution in [0.2, 0.25) is 0 Å². The summed E-state index contributed by atoms with van der Waals surface area (Å²) in [4.78, 5) is 38.1. The summed E-state index contributed by atoms with van der Waals surface area (Å²) < 4.78 is 16.9. The van der Waals surface area contributed by atoms with Gasteiger partial charge < -0.3 is 14.2 Å². The molecule has 0 heterocycles. The predicted octanol–water partition coefficient (Wildman–Crippen LogP) is 19.8. The zero-order chi connectivity index (χ0) is 48.1. The van der Waals surface area contributed by atoms with Gasteiger partial charge in [-0.25, -0.2) is 0 Å². The average molecular weight is 934 g/mol. The Balaban J connectivity index is 4.24. The lowest BCUT2D eigenvalue weighted by atomic mass is 9.99. The van der Waals surface area contributed by atoms with Crippen molar-refractivity contribution < 1.29 is 28.6 Å². The average Bonchev–Trinajstić information content (AvgIpc) is 3.32. The lowest BCUT2D eigenvalue weighted by molar-refractivity contribution is -0.167. The Bertz CT molecular complexity index is 998. The number of esters is 3. The molecule has 0 aromatic carbocycles. The van der Waals surface area contributed by atoms with E-state index in [1.165, 1.54) is 238 Å². The number of unbranched alkanes of at least 4 members (excludes halogenated alkanes) is 41. The SMILES string of the molecule is CCCCCCCCCCCCCCCCCCCCCC(=O)OC[C@@H](COC(=O)CCCCCCCCCCCCC)OC(=O)CCCCCCCCCCCCCCCCC(C)CC. The largest absolute Gasteiger partial charge is 0.462 e. The van der Waals surface area contributed by atoms with Gasteiger partial charge in [-0.05, 0) is 25.2 Å². The van der Waals surface area contributed by atoms with Gasteiger partial charge in [0.2, 0.25) is 0 Å². The van der Waals surface area contributed by atoms with Gasteiger partial charge in [-0.2, -0.15) is 0 Å². The number of rotatable bonds is 55. The van der Waals surface area contributed by atoms with Gasteiger partial charge in [-0.15, -0.1) is 0 Å². The third-order valence-electron chi connectivity index (χ3n) is 14.2. The molecule has 6 heteroatoms. The quantitative estimate of drug-likeness (QED) is 0.0343. The summed E-state index contributed by atoms with van der Waals surface area (Å²) in [6, 6.07) is 0. The summed E-state index contributed by atoms with van der Waals surface area (Å²) in [5.41, 5.74) is 0. The van der Waals surface area contributed by atoms with Crippen molar-refractivity contribution >= 4 is 17.9 Å². The highest BCUT2D eigenvalue weighted by molar-refractivity contribution is 5.71. The Kier molecular flexibility index (Phi) is 53.0. The highest BCUT2D eigenvalue weighted by Crippen LogP contribution is 2.19. The second-order valence-corrected chi connectivity index (χ2v) is 20.9. The number of carbonyl (C=O) groups is 3. The van der Waals surface area contributed by atoms with Crippen LogP contribution in [0.1, 0.15) is 342 Å². The molecule has 66 heavy (non-hydrogen) atoms. The monoisotopic (exact) mass is 933 g/mol. The zero-order valence-corrected chi connectivity index (χ0v) is 45.2. The molecule has 0 bridgehead atoms. The molecule has 0 aliphatic carbocycles. The predicted molar refractivity (Wildman–Crippen MR) is 284 cm³/mol. The van der Waals surface area contributed by atoms with E-state index in [4.69, 9.17) is 14.2 Å². The van der Waals surface area contributed by atoms with Crippen LogP contribution in [0.15, 0.2) is 0 Å². The second-order valence-electron chi connectivity index (χ2n) is 20.9. The van der Waals surface area contributed by atoms with E-state index in [1.807, 2.05) is 0 Å². The Labute approximate surface area is 412 Å². The van der Waals surface area contributed by atoms with Crippen LogP contribution in [-0.2, 0) is 28.6 Å². The standard InChI is InChI=1S/C60H116O6/c1-5-8-10-12-14-16-18-19-20-21-22-23-24-28-32-36-40-44-48-52-59(62)65-55-57(54-64-58(61)51-47-43-39-35-30-17-15-13-11-9-6-2)66-60(63)53-49-45-41-37-33-29-26-25-27-31-34-38-42-46-50-56(4)7-3/h56-57H,5-55H2,1-4H3/t56?,57-/m1/s1. The minimum absolute atomic E-state index is 0.0617. The van der Waals surface area contributed by atoms with E-state index in [1.54, 1.807) is 0 Å². The topological polar surface area (TPSA) is 78.9 Å². The van der Waals surface area contributed by atoms with Gasteiger partial charge in [0.1, 0.15) is 13.2 Å². The normalized spacial score (nSPS) is 12.4. The number of ether oxygens (including phenoxy) is 3. The molecule has 0 amide bonds. The fourth-order valence-electron chi connectivity index (χ4n) is 9.25. The van der Waals surface area contributed by atoms with Gasteiger partial charge in [0.25, 0.3) is 0 Å². The van der Waals surface area contributed by atoms with E-state index >= 15 is 0 Å². The molecule has 0 radical (unpaired) electrons. The number of hydrogen-bond donors (Lipinski definition) is 0. The molecule has 2 atom stereocenters. The molecule has 0 rings (SSSR count). The maximum absolute atomic E-state index is 12.9. The highest BCUT2D eigenvalue weighted by atomic mass is 16.6. The summed E-state index contributed by atoms with van der Waals surface area (Å²) in [5.74, 6) is 0.0600. The lowest BCUT2D eigenvalue weighted by Gasteiger charge is -2.18. The first-order valence-corrected chi connectivity index (χ1v) is 29.9. The first-order chi connectivity index (χ1) is 32.4. The van der Waals surface area contributed by atoms with E-state index in [2.05, 4.69) is 27.7 Å². The summed E-state index contributed by atoms with van der Waals surface area (Å²) in [6.07, 6.45) is 59.5. The van der Waals surface area contributed by atoms with E-state index in [0.717, 1.165) is 63.7 Å². The molecule has 0 fully saturated rings. The summed E-state index contributed by atoms with van der Waals surface area (Å²) in [6.45, 7) is 9.10. The van der Waals surface area contributed by atoms with Crippen molar-refractivity contribution in [3.05, 3.63) is 0 Å². The molecule has 0 aromatic heterocycles. The van der Waals surface area contributed by atoms with Crippen LogP contribution in [0.5, 0.6) is 0 Å². The Morgan fingerprint density at radius 3 is 0.788 bits per heavy atom. The van der Waals surface area contributed by atoms with Gasteiger partial charge in [0, 0.05) is 19.3 Å². The molecule has 0 saturated heterocycles. The van der Waals surface area contributed by atoms with Crippen LogP contribution in [0.4, 0.5) is 0 Å². The van der Waals surface area contributed by atoms with E-state index in [9.17, 15) is 14.4 Å². The third kappa shape index (κ3) is 51.8. The Morgan fingerprint density at radius 2 is 0.530 bits per heavy atom. The molecule has 0 saturated carbocycles. The molecule has 0 N–H and O–H groups in total. The van der Waals surface area contributed by atoms with Gasteiger partial charge in [-0.1, -0.05) is 304 Å². The van der Waals surface area contributed by atoms with Crippen LogP contribution < -0.4 is 0 Å². The molecule has 0 aliphatic rings. The van der Waals surface area contributed by atoms with Gasteiger partial charge in [-0.3, -0.25) is 14.4 Å². The fourth-order valence-corrected chi connectivity index (χ4v) is 9.25. The van der Waals surface area contributed by atoms with Crippen LogP contribution in [0.3, 0.4) is 0 Å². The van der Waals surface area contributed by atoms with Crippen molar-refractivity contribution in [2.75, 3.05) is 13.2 Å². The Hall–Kier alpha value is -1.59. The van der Waals surface area contributed by atoms with Crippen molar-refractivity contribution in [2.45, 2.75) is 348 Å². The third-order valence-corrected chi connectivity index (χ3v) is 14.2. The van der Waals surface area contributed by atoms with Crippen molar-refractivity contribution in [1.82, 2.24) is 0 Å². The molecule has 0 spiro atoms. The van der Waals surface area contributed by atoms with Crippen LogP contribution in [0, 0.1) is 5.92 Å². The van der Waals surface area contributed by atoms with Crippen molar-refractivity contribution in [3.8, 4) is 0 Å². The summed E-state index contributed by atoms with van der Waals surface area (Å²) >= 11 is 0. The van der Waals surface area contributed by atoms with E-state index < -0.39 is 6.10 Å². The first-order valence-electron chi connectivity index (χ1n) is 29.9. The molecule has 0 aliphatic heterocycles. The summed E-state index contributed by atoms with van der Waals surface area (Å²) in [7, 11) is 0. The molecule has 1 unspecified atom stereocenters. The van der Waals surface area contributed by atoms with Gasteiger partial charge in [0.15, 0.2) is 6.10 Å². The van der Waals surface area contributed by atoms with Crippen LogP contribution in [0.25, 0.3) is 0 Å². The lowest BCUT2D eigenvalue weighted by Crippen LogP contribution is -2.30. The highest BCUT2D eigenvalue weighted by Gasteiger charge is 2.19. The maximum atomic E-state index is 12.9. The number of hydrogen-bond acceptors (Lipinski definition) is 6. The molecule has 392 valence electrons. The Morgan fingerprint density at radius 1 is 0.303 bits per heavy atom. The molecular formula is C60H116O6. The van der Waals surface area contributed by atoms with Crippen molar-refractivity contribution in [2.24, 2.45) is 5.92 Å². The van der Waals surface area contributed by atoms with Crippen LogP contribution in [-0.4, -0.2) is 37.2 Å². The second kappa shape index (κ2) is 54.4. The first kappa shape index (κ1) is 64.4.